The summed E-state index contributed by atoms with van der Waals surface area (Å²) in [6.07, 6.45) is 0. The van der Waals surface area contributed by atoms with Crippen molar-refractivity contribution in [1.82, 2.24) is 0 Å². The van der Waals surface area contributed by atoms with Gasteiger partial charge in [0.05, 0.1) is 6.61 Å². The summed E-state index contributed by atoms with van der Waals surface area (Å²) in [6.45, 7) is 2.35. The molecule has 0 radical (unpaired) electrons. The zero-order chi connectivity index (χ0) is 13.0. The van der Waals surface area contributed by atoms with Gasteiger partial charge >= 0.3 is 0 Å². The highest BCUT2D eigenvalue weighted by Crippen LogP contribution is 2.32. The first-order valence-corrected chi connectivity index (χ1v) is 6.80. The van der Waals surface area contributed by atoms with Gasteiger partial charge in [0.15, 0.2) is 10.6 Å². The van der Waals surface area contributed by atoms with E-state index in [-0.39, 0.29) is 5.75 Å². The van der Waals surface area contributed by atoms with Gasteiger partial charge in [-0.15, -0.1) is 0 Å². The number of hydrogen-bond donors (Lipinski definition) is 1. The Morgan fingerprint density at radius 2 is 1.89 bits per heavy atom. The van der Waals surface area contributed by atoms with Crippen LogP contribution in [0.1, 0.15) is 6.92 Å². The van der Waals surface area contributed by atoms with Gasteiger partial charge in [0.25, 0.3) is 0 Å². The third-order valence-electron chi connectivity index (χ3n) is 2.38. The second-order valence-corrected chi connectivity index (χ2v) is 5.09. The number of hydrogen-bond acceptors (Lipinski definition) is 3. The number of benzene rings is 2. The van der Waals surface area contributed by atoms with Crippen molar-refractivity contribution in [3.05, 3.63) is 48.5 Å². The first-order valence-electron chi connectivity index (χ1n) is 5.65. The highest BCUT2D eigenvalue weighted by molar-refractivity contribution is 7.91. The summed E-state index contributed by atoms with van der Waals surface area (Å²) in [4.78, 5) is 1.17. The molecule has 94 valence electrons. The zero-order valence-electron chi connectivity index (χ0n) is 10.00. The van der Waals surface area contributed by atoms with E-state index in [4.69, 9.17) is 4.74 Å². The largest absolute Gasteiger partial charge is 0.606 e. The first kappa shape index (κ1) is 12.8. The fraction of sp³-hybridized carbons (Fsp3) is 0.143. The lowest BCUT2D eigenvalue weighted by molar-refractivity contribution is 0.330. The topological polar surface area (TPSA) is 52.5 Å². The molecule has 2 aromatic rings. The zero-order valence-corrected chi connectivity index (χ0v) is 10.8. The average molecular weight is 262 g/mol. The molecule has 0 aliphatic rings. The minimum atomic E-state index is -1.36. The van der Waals surface area contributed by atoms with Gasteiger partial charge in [0.1, 0.15) is 5.75 Å². The number of phenolic OH excluding ortho intramolecular Hbond substituents is 1. The second kappa shape index (κ2) is 5.80. The Labute approximate surface area is 109 Å². The maximum Gasteiger partial charge on any atom is 0.204 e. The second-order valence-electron chi connectivity index (χ2n) is 3.65. The van der Waals surface area contributed by atoms with E-state index in [1.54, 1.807) is 18.2 Å². The van der Waals surface area contributed by atoms with E-state index in [0.29, 0.717) is 22.1 Å². The molecular weight excluding hydrogens is 248 g/mol. The molecule has 0 saturated heterocycles. The molecule has 2 aromatic carbocycles. The molecule has 0 fully saturated rings. The van der Waals surface area contributed by atoms with E-state index < -0.39 is 11.2 Å². The summed E-state index contributed by atoms with van der Waals surface area (Å²) in [5.74, 6) is 0.621. The summed E-state index contributed by atoms with van der Waals surface area (Å²) in [5, 5.41) is 9.51. The quantitative estimate of drug-likeness (QED) is 0.862. The summed E-state index contributed by atoms with van der Waals surface area (Å²) in [7, 11) is 0. The van der Waals surface area contributed by atoms with Gasteiger partial charge in [-0.3, -0.25) is 0 Å². The smallest absolute Gasteiger partial charge is 0.204 e. The van der Waals surface area contributed by atoms with Crippen molar-refractivity contribution >= 4 is 11.2 Å². The fourth-order valence-corrected chi connectivity index (χ4v) is 2.78. The molecule has 0 aromatic heterocycles. The summed E-state index contributed by atoms with van der Waals surface area (Å²) >= 11 is -1.36. The molecule has 0 bridgehead atoms. The lowest BCUT2D eigenvalue weighted by Gasteiger charge is -2.14. The highest BCUT2D eigenvalue weighted by atomic mass is 32.2. The van der Waals surface area contributed by atoms with E-state index in [9.17, 15) is 9.66 Å². The van der Waals surface area contributed by atoms with Gasteiger partial charge in [-0.2, -0.15) is 0 Å². The molecule has 0 spiro atoms. The van der Waals surface area contributed by atoms with Crippen LogP contribution in [-0.2, 0) is 11.2 Å². The van der Waals surface area contributed by atoms with Crippen LogP contribution in [0.3, 0.4) is 0 Å². The van der Waals surface area contributed by atoms with Crippen molar-refractivity contribution < 1.29 is 14.4 Å². The summed E-state index contributed by atoms with van der Waals surface area (Å²) in [5.41, 5.74) is 0. The lowest BCUT2D eigenvalue weighted by Crippen LogP contribution is -2.05. The van der Waals surface area contributed by atoms with Gasteiger partial charge in [0.2, 0.25) is 4.90 Å². The minimum absolute atomic E-state index is 0.0812. The Bertz CT molecular complexity index is 514. The molecule has 18 heavy (non-hydrogen) atoms. The van der Waals surface area contributed by atoms with Crippen LogP contribution in [0.5, 0.6) is 11.5 Å². The Balaban J connectivity index is 2.40. The third-order valence-corrected chi connectivity index (χ3v) is 3.80. The van der Waals surface area contributed by atoms with E-state index in [1.165, 1.54) is 12.1 Å². The minimum Gasteiger partial charge on any atom is -0.606 e. The van der Waals surface area contributed by atoms with Gasteiger partial charge in [0, 0.05) is 17.2 Å². The van der Waals surface area contributed by atoms with Gasteiger partial charge in [-0.05, 0) is 31.2 Å². The molecule has 3 nitrogen and oxygen atoms in total. The number of rotatable bonds is 4. The van der Waals surface area contributed by atoms with Crippen molar-refractivity contribution in [3.63, 3.8) is 0 Å². The van der Waals surface area contributed by atoms with Crippen LogP contribution in [0.2, 0.25) is 0 Å². The van der Waals surface area contributed by atoms with Gasteiger partial charge in [-0.25, -0.2) is 0 Å². The molecule has 4 heteroatoms. The molecule has 0 amide bonds. The van der Waals surface area contributed by atoms with Crippen LogP contribution >= 0.6 is 0 Å². The van der Waals surface area contributed by atoms with Crippen LogP contribution in [0, 0.1) is 0 Å². The molecule has 0 aliphatic heterocycles. The van der Waals surface area contributed by atoms with E-state index >= 15 is 0 Å². The van der Waals surface area contributed by atoms with Crippen molar-refractivity contribution in [2.45, 2.75) is 16.7 Å². The Kier molecular flexibility index (Phi) is 4.12. The molecule has 2 rings (SSSR count). The van der Waals surface area contributed by atoms with Crippen LogP contribution in [0.25, 0.3) is 0 Å². The maximum absolute atomic E-state index is 12.4. The van der Waals surface area contributed by atoms with E-state index in [0.717, 1.165) is 0 Å². The third kappa shape index (κ3) is 2.78. The van der Waals surface area contributed by atoms with E-state index in [2.05, 4.69) is 0 Å². The van der Waals surface area contributed by atoms with Crippen LogP contribution in [-0.4, -0.2) is 16.3 Å². The molecule has 1 atom stereocenters. The van der Waals surface area contributed by atoms with Gasteiger partial charge in [-0.1, -0.05) is 18.2 Å². The molecule has 0 heterocycles. The monoisotopic (exact) mass is 262 g/mol. The maximum atomic E-state index is 12.4. The lowest BCUT2D eigenvalue weighted by atomic mass is 10.3. The number of ether oxygens (including phenoxy) is 1. The SMILES string of the molecule is CCOc1ccc(O)cc1[S+]([O-])c1ccccc1. The van der Waals surface area contributed by atoms with Crippen LogP contribution in [0.15, 0.2) is 58.3 Å². The van der Waals surface area contributed by atoms with Crippen LogP contribution in [0.4, 0.5) is 0 Å². The normalized spacial score (nSPS) is 12.1. The Morgan fingerprint density at radius 3 is 2.56 bits per heavy atom. The van der Waals surface area contributed by atoms with Crippen molar-refractivity contribution in [2.24, 2.45) is 0 Å². The van der Waals surface area contributed by atoms with E-state index in [1.807, 2.05) is 25.1 Å². The fourth-order valence-electron chi connectivity index (χ4n) is 1.59. The highest BCUT2D eigenvalue weighted by Gasteiger charge is 2.20. The molecular formula is C14H14O3S. The first-order chi connectivity index (χ1) is 8.72. The summed E-state index contributed by atoms with van der Waals surface area (Å²) in [6, 6.07) is 13.7. The number of aromatic hydroxyl groups is 1. The molecule has 0 aliphatic carbocycles. The molecule has 1 unspecified atom stereocenters. The predicted octanol–water partition coefficient (Wildman–Crippen LogP) is 2.96. The molecule has 1 N–H and O–H groups in total. The summed E-state index contributed by atoms with van der Waals surface area (Å²) < 4.78 is 17.8. The average Bonchev–Trinajstić information content (AvgIpc) is 2.41. The standard InChI is InChI=1S/C14H14O3S/c1-2-17-13-9-8-11(15)10-14(13)18(16)12-6-4-3-5-7-12/h3-10,15H,2H2,1H3. The molecule has 0 saturated carbocycles. The van der Waals surface area contributed by atoms with Crippen molar-refractivity contribution in [3.8, 4) is 11.5 Å². The van der Waals surface area contributed by atoms with Crippen molar-refractivity contribution in [2.75, 3.05) is 6.61 Å². The van der Waals surface area contributed by atoms with Crippen LogP contribution < -0.4 is 4.74 Å². The Hall–Kier alpha value is -1.65. The predicted molar refractivity (Wildman–Crippen MR) is 70.4 cm³/mol. The van der Waals surface area contributed by atoms with Crippen molar-refractivity contribution in [1.29, 1.82) is 0 Å². The number of phenols is 1. The van der Waals surface area contributed by atoms with Gasteiger partial charge < -0.3 is 14.4 Å². The Morgan fingerprint density at radius 1 is 1.17 bits per heavy atom.